The summed E-state index contributed by atoms with van der Waals surface area (Å²) in [5, 5.41) is 5.49. The fourth-order valence-corrected chi connectivity index (χ4v) is 3.55. The molecule has 0 spiro atoms. The first kappa shape index (κ1) is 24.0. The van der Waals surface area contributed by atoms with Crippen LogP contribution in [0.3, 0.4) is 0 Å². The van der Waals surface area contributed by atoms with Crippen molar-refractivity contribution in [3.05, 3.63) is 94.0 Å². The van der Waals surface area contributed by atoms with Crippen LogP contribution in [0.5, 0.6) is 5.75 Å². The summed E-state index contributed by atoms with van der Waals surface area (Å²) >= 11 is 11.8. The molecule has 1 aliphatic rings. The van der Waals surface area contributed by atoms with E-state index in [1.165, 1.54) is 12.1 Å². The average Bonchev–Trinajstić information content (AvgIpc) is 2.84. The van der Waals surface area contributed by atoms with Crippen LogP contribution in [0.15, 0.2) is 78.4 Å². The van der Waals surface area contributed by atoms with Gasteiger partial charge in [0.15, 0.2) is 6.61 Å². The second-order valence-corrected chi connectivity index (χ2v) is 8.15. The van der Waals surface area contributed by atoms with E-state index in [-0.39, 0.29) is 12.2 Å². The lowest BCUT2D eigenvalue weighted by molar-refractivity contribution is -0.122. The van der Waals surface area contributed by atoms with Gasteiger partial charge in [-0.25, -0.2) is 9.69 Å². The van der Waals surface area contributed by atoms with E-state index >= 15 is 0 Å². The molecule has 1 fully saturated rings. The average molecular weight is 510 g/mol. The third-order valence-corrected chi connectivity index (χ3v) is 5.60. The smallest absolute Gasteiger partial charge is 0.335 e. The Bertz CT molecular complexity index is 1360. The molecule has 5 amide bonds. The molecule has 1 heterocycles. The summed E-state index contributed by atoms with van der Waals surface area (Å²) in [4.78, 5) is 50.7. The molecule has 8 nitrogen and oxygen atoms in total. The molecule has 0 aliphatic carbocycles. The SMILES string of the molecule is O=C(COc1cccc(/C=C2/C(=O)NC(=O)N(c3ccccc3)C2=O)c1)Nc1ccc(Cl)c(Cl)c1. The van der Waals surface area contributed by atoms with Crippen LogP contribution < -0.4 is 20.3 Å². The maximum absolute atomic E-state index is 12.9. The van der Waals surface area contributed by atoms with Crippen LogP contribution >= 0.6 is 23.2 Å². The minimum atomic E-state index is -0.826. The molecular weight excluding hydrogens is 493 g/mol. The largest absolute Gasteiger partial charge is 0.484 e. The van der Waals surface area contributed by atoms with Crippen LogP contribution in [-0.4, -0.2) is 30.4 Å². The normalized spacial score (nSPS) is 14.6. The van der Waals surface area contributed by atoms with E-state index in [0.29, 0.717) is 32.7 Å². The van der Waals surface area contributed by atoms with Crippen molar-refractivity contribution in [2.75, 3.05) is 16.8 Å². The Hall–Kier alpha value is -4.14. The molecule has 35 heavy (non-hydrogen) atoms. The van der Waals surface area contributed by atoms with Crippen LogP contribution in [0.1, 0.15) is 5.56 Å². The molecule has 0 atom stereocenters. The Labute approximate surface area is 210 Å². The fraction of sp³-hybridized carbons (Fsp3) is 0.0400. The number of imide groups is 2. The molecular formula is C25H17Cl2N3O5. The fourth-order valence-electron chi connectivity index (χ4n) is 3.25. The monoisotopic (exact) mass is 509 g/mol. The summed E-state index contributed by atoms with van der Waals surface area (Å²) in [5.41, 5.74) is 1.04. The summed E-state index contributed by atoms with van der Waals surface area (Å²) in [6, 6.07) is 18.6. The number of hydrogen-bond donors (Lipinski definition) is 2. The number of hydrogen-bond acceptors (Lipinski definition) is 5. The zero-order valence-electron chi connectivity index (χ0n) is 18.0. The van der Waals surface area contributed by atoms with Gasteiger partial charge in [-0.15, -0.1) is 0 Å². The highest BCUT2D eigenvalue weighted by Gasteiger charge is 2.36. The summed E-state index contributed by atoms with van der Waals surface area (Å²) in [6.45, 7) is -0.296. The third kappa shape index (κ3) is 5.68. The number of amides is 5. The first-order valence-electron chi connectivity index (χ1n) is 10.3. The molecule has 4 rings (SSSR count). The molecule has 0 unspecified atom stereocenters. The molecule has 0 bridgehead atoms. The van der Waals surface area contributed by atoms with Crippen LogP contribution in [0.4, 0.5) is 16.2 Å². The van der Waals surface area contributed by atoms with E-state index in [4.69, 9.17) is 27.9 Å². The van der Waals surface area contributed by atoms with Gasteiger partial charge in [0.25, 0.3) is 17.7 Å². The minimum absolute atomic E-state index is 0.219. The van der Waals surface area contributed by atoms with Gasteiger partial charge < -0.3 is 10.1 Å². The van der Waals surface area contributed by atoms with Crippen LogP contribution in [0.2, 0.25) is 10.0 Å². The predicted molar refractivity (Wildman–Crippen MR) is 132 cm³/mol. The van der Waals surface area contributed by atoms with E-state index < -0.39 is 23.8 Å². The summed E-state index contributed by atoms with van der Waals surface area (Å²) in [7, 11) is 0. The number of halogens is 2. The van der Waals surface area contributed by atoms with Crippen molar-refractivity contribution in [2.24, 2.45) is 0 Å². The maximum Gasteiger partial charge on any atom is 0.335 e. The number of urea groups is 1. The maximum atomic E-state index is 12.9. The van der Waals surface area contributed by atoms with Crippen LogP contribution in [-0.2, 0) is 14.4 Å². The van der Waals surface area contributed by atoms with Crippen LogP contribution in [0.25, 0.3) is 6.08 Å². The third-order valence-electron chi connectivity index (χ3n) is 4.86. The molecule has 3 aromatic rings. The molecule has 1 saturated heterocycles. The number of anilines is 2. The number of nitrogens with one attached hydrogen (secondary N) is 2. The molecule has 1 aliphatic heterocycles. The number of carbonyl (C=O) groups is 4. The van der Waals surface area contributed by atoms with Crippen molar-refractivity contribution < 1.29 is 23.9 Å². The van der Waals surface area contributed by atoms with E-state index in [1.54, 1.807) is 66.7 Å². The van der Waals surface area contributed by atoms with Gasteiger partial charge in [0.1, 0.15) is 11.3 Å². The Morgan fingerprint density at radius 2 is 1.71 bits per heavy atom. The molecule has 3 aromatic carbocycles. The summed E-state index contributed by atoms with van der Waals surface area (Å²) in [5.74, 6) is -1.65. The van der Waals surface area contributed by atoms with Crippen molar-refractivity contribution in [3.63, 3.8) is 0 Å². The highest BCUT2D eigenvalue weighted by Crippen LogP contribution is 2.25. The van der Waals surface area contributed by atoms with Gasteiger partial charge in [-0.1, -0.05) is 53.5 Å². The zero-order chi connectivity index (χ0) is 24.9. The summed E-state index contributed by atoms with van der Waals surface area (Å²) < 4.78 is 5.53. The first-order chi connectivity index (χ1) is 16.8. The highest BCUT2D eigenvalue weighted by molar-refractivity contribution is 6.42. The second kappa shape index (κ2) is 10.4. The number of barbiturate groups is 1. The van der Waals surface area contributed by atoms with Crippen molar-refractivity contribution in [1.82, 2.24) is 5.32 Å². The molecule has 10 heteroatoms. The van der Waals surface area contributed by atoms with Gasteiger partial charge in [0.2, 0.25) is 0 Å². The molecule has 0 saturated carbocycles. The lowest BCUT2D eigenvalue weighted by atomic mass is 10.1. The van der Waals surface area contributed by atoms with E-state index in [1.807, 2.05) is 0 Å². The first-order valence-corrected chi connectivity index (χ1v) is 11.0. The predicted octanol–water partition coefficient (Wildman–Crippen LogP) is 4.68. The standard InChI is InChI=1S/C25H17Cl2N3O5/c26-20-10-9-16(13-21(20)27)28-22(31)14-35-18-8-4-5-15(11-18)12-19-23(32)29-25(34)30(24(19)33)17-6-2-1-3-7-17/h1-13H,14H2,(H,28,31)(H,29,32,34)/b19-12-. The van der Waals surface area contributed by atoms with Crippen molar-refractivity contribution in [1.29, 1.82) is 0 Å². The number of para-hydroxylation sites is 1. The lowest BCUT2D eigenvalue weighted by Gasteiger charge is -2.26. The van der Waals surface area contributed by atoms with E-state index in [2.05, 4.69) is 10.6 Å². The van der Waals surface area contributed by atoms with Gasteiger partial charge >= 0.3 is 6.03 Å². The Kier molecular flexibility index (Phi) is 7.14. The van der Waals surface area contributed by atoms with Crippen LogP contribution in [0, 0.1) is 0 Å². The van der Waals surface area contributed by atoms with Crippen molar-refractivity contribution >= 4 is 64.4 Å². The number of rotatable bonds is 6. The Morgan fingerprint density at radius 1 is 0.943 bits per heavy atom. The number of ether oxygens (including phenoxy) is 1. The quantitative estimate of drug-likeness (QED) is 0.370. The Balaban J connectivity index is 1.46. The van der Waals surface area contributed by atoms with Gasteiger partial charge in [0.05, 0.1) is 15.7 Å². The topological polar surface area (TPSA) is 105 Å². The van der Waals surface area contributed by atoms with E-state index in [9.17, 15) is 19.2 Å². The zero-order valence-corrected chi connectivity index (χ0v) is 19.5. The van der Waals surface area contributed by atoms with Gasteiger partial charge in [-0.3, -0.25) is 19.7 Å². The molecule has 2 N–H and O–H groups in total. The van der Waals surface area contributed by atoms with Gasteiger partial charge in [-0.05, 0) is 54.1 Å². The van der Waals surface area contributed by atoms with E-state index in [0.717, 1.165) is 4.90 Å². The number of carbonyl (C=O) groups excluding carboxylic acids is 4. The summed E-state index contributed by atoms with van der Waals surface area (Å²) in [6.07, 6.45) is 1.35. The van der Waals surface area contributed by atoms with Crippen molar-refractivity contribution in [2.45, 2.75) is 0 Å². The Morgan fingerprint density at radius 3 is 2.46 bits per heavy atom. The highest BCUT2D eigenvalue weighted by atomic mass is 35.5. The molecule has 176 valence electrons. The lowest BCUT2D eigenvalue weighted by Crippen LogP contribution is -2.54. The molecule has 0 aromatic heterocycles. The van der Waals surface area contributed by atoms with Gasteiger partial charge in [0, 0.05) is 5.69 Å². The number of nitrogens with zero attached hydrogens (tertiary/aromatic N) is 1. The minimum Gasteiger partial charge on any atom is -0.484 e. The van der Waals surface area contributed by atoms with Gasteiger partial charge in [-0.2, -0.15) is 0 Å². The van der Waals surface area contributed by atoms with Crippen molar-refractivity contribution in [3.8, 4) is 5.75 Å². The second-order valence-electron chi connectivity index (χ2n) is 7.33. The molecule has 0 radical (unpaired) electrons. The number of benzene rings is 3.